The summed E-state index contributed by atoms with van der Waals surface area (Å²) in [4.78, 5) is 33.8. The topological polar surface area (TPSA) is 55.2 Å². The molecule has 0 unspecified atom stereocenters. The first-order valence-corrected chi connectivity index (χ1v) is 11.4. The van der Waals surface area contributed by atoms with Gasteiger partial charge in [0.15, 0.2) is 0 Å². The maximum atomic E-state index is 13.5. The summed E-state index contributed by atoms with van der Waals surface area (Å²) in [5.74, 6) is 0.343. The molecule has 2 heterocycles. The van der Waals surface area contributed by atoms with Crippen molar-refractivity contribution >= 4 is 22.5 Å². The fourth-order valence-electron chi connectivity index (χ4n) is 4.80. The van der Waals surface area contributed by atoms with Crippen LogP contribution in [0.4, 0.5) is 5.69 Å². The quantitative estimate of drug-likeness (QED) is 0.449. The summed E-state index contributed by atoms with van der Waals surface area (Å²) in [6, 6.07) is 23.6. The van der Waals surface area contributed by atoms with Gasteiger partial charge in [-0.05, 0) is 50.1 Å². The molecule has 0 fully saturated rings. The molecule has 1 amide bonds. The molecule has 1 aromatic heterocycles. The number of hydrogen-bond donors (Lipinski definition) is 0. The van der Waals surface area contributed by atoms with Crippen LogP contribution in [0, 0.1) is 6.92 Å². The van der Waals surface area contributed by atoms with Crippen LogP contribution in [0.25, 0.3) is 10.9 Å². The van der Waals surface area contributed by atoms with Crippen molar-refractivity contribution in [2.45, 2.75) is 45.7 Å². The summed E-state index contributed by atoms with van der Waals surface area (Å²) in [6.45, 7) is 6.52. The highest BCUT2D eigenvalue weighted by Gasteiger charge is 2.39. The molecule has 0 saturated carbocycles. The van der Waals surface area contributed by atoms with E-state index in [1.54, 1.807) is 4.57 Å². The lowest BCUT2D eigenvalue weighted by Gasteiger charge is -2.22. The van der Waals surface area contributed by atoms with Gasteiger partial charge in [0.2, 0.25) is 5.91 Å². The van der Waals surface area contributed by atoms with E-state index in [-0.39, 0.29) is 23.4 Å². The van der Waals surface area contributed by atoms with Crippen LogP contribution < -0.4 is 10.5 Å². The maximum absolute atomic E-state index is 13.5. The van der Waals surface area contributed by atoms with Crippen molar-refractivity contribution in [3.8, 4) is 0 Å². The predicted octanol–water partition coefficient (Wildman–Crippen LogP) is 4.83. The summed E-state index contributed by atoms with van der Waals surface area (Å²) < 4.78 is 1.73. The number of carbonyl (C=O) groups is 1. The summed E-state index contributed by atoms with van der Waals surface area (Å²) in [5.41, 5.74) is 4.71. The summed E-state index contributed by atoms with van der Waals surface area (Å²) in [6.07, 6.45) is 0.380. The second-order valence-electron chi connectivity index (χ2n) is 9.04. The van der Waals surface area contributed by atoms with Crippen molar-refractivity contribution in [3.63, 3.8) is 0 Å². The SMILES string of the molecule is Cc1ccc2c(c1)[C@H](Cc1nc3ccccc3c(=O)n1Cc1ccccc1)C(=O)N2C(C)C. The largest absolute Gasteiger partial charge is 0.309 e. The van der Waals surface area contributed by atoms with Crippen LogP contribution in [0.5, 0.6) is 0 Å². The van der Waals surface area contributed by atoms with E-state index in [0.29, 0.717) is 29.7 Å². The minimum absolute atomic E-state index is 0.0556. The highest BCUT2D eigenvalue weighted by Crippen LogP contribution is 2.40. The van der Waals surface area contributed by atoms with Gasteiger partial charge in [-0.3, -0.25) is 14.2 Å². The van der Waals surface area contributed by atoms with Crippen molar-refractivity contribution in [3.05, 3.63) is 106 Å². The molecule has 3 aromatic carbocycles. The molecule has 5 nitrogen and oxygen atoms in total. The molecule has 0 saturated heterocycles. The molecule has 166 valence electrons. The summed E-state index contributed by atoms with van der Waals surface area (Å²) in [5, 5.41) is 0.593. The fourth-order valence-corrected chi connectivity index (χ4v) is 4.80. The van der Waals surface area contributed by atoms with Gasteiger partial charge in [-0.25, -0.2) is 4.98 Å². The number of aromatic nitrogens is 2. The second-order valence-corrected chi connectivity index (χ2v) is 9.04. The van der Waals surface area contributed by atoms with Gasteiger partial charge in [0, 0.05) is 18.2 Å². The number of benzene rings is 3. The van der Waals surface area contributed by atoms with E-state index < -0.39 is 0 Å². The number of anilines is 1. The third-order valence-electron chi connectivity index (χ3n) is 6.38. The number of rotatable bonds is 5. The van der Waals surface area contributed by atoms with E-state index in [4.69, 9.17) is 4.98 Å². The first-order valence-electron chi connectivity index (χ1n) is 11.4. The first-order chi connectivity index (χ1) is 15.9. The molecular formula is C28H27N3O2. The minimum atomic E-state index is -0.364. The molecule has 33 heavy (non-hydrogen) atoms. The summed E-state index contributed by atoms with van der Waals surface area (Å²) in [7, 11) is 0. The van der Waals surface area contributed by atoms with Gasteiger partial charge in [0.05, 0.1) is 23.4 Å². The zero-order chi connectivity index (χ0) is 23.1. The van der Waals surface area contributed by atoms with Crippen LogP contribution in [-0.2, 0) is 17.8 Å². The van der Waals surface area contributed by atoms with E-state index in [1.165, 1.54) is 0 Å². The third-order valence-corrected chi connectivity index (χ3v) is 6.38. The molecule has 5 rings (SSSR count). The normalized spacial score (nSPS) is 15.5. The number of aryl methyl sites for hydroxylation is 1. The number of amides is 1. The van der Waals surface area contributed by atoms with Gasteiger partial charge < -0.3 is 4.90 Å². The lowest BCUT2D eigenvalue weighted by atomic mass is 9.95. The highest BCUT2D eigenvalue weighted by molar-refractivity contribution is 6.05. The Morgan fingerprint density at radius 1 is 0.939 bits per heavy atom. The monoisotopic (exact) mass is 437 g/mol. The third kappa shape index (κ3) is 3.74. The van der Waals surface area contributed by atoms with Gasteiger partial charge in [-0.2, -0.15) is 0 Å². The van der Waals surface area contributed by atoms with Crippen LogP contribution in [0.15, 0.2) is 77.6 Å². The average Bonchev–Trinajstić information content (AvgIpc) is 3.08. The van der Waals surface area contributed by atoms with Gasteiger partial charge in [-0.15, -0.1) is 0 Å². The zero-order valence-corrected chi connectivity index (χ0v) is 19.2. The molecule has 0 radical (unpaired) electrons. The number of fused-ring (bicyclic) bond motifs is 2. The van der Waals surface area contributed by atoms with Gasteiger partial charge in [-0.1, -0.05) is 60.2 Å². The number of nitrogens with zero attached hydrogens (tertiary/aromatic N) is 3. The molecule has 0 bridgehead atoms. The molecule has 1 atom stereocenters. The Hall–Kier alpha value is -3.73. The van der Waals surface area contributed by atoms with Crippen LogP contribution in [0.2, 0.25) is 0 Å². The van der Waals surface area contributed by atoms with Crippen molar-refractivity contribution in [2.24, 2.45) is 0 Å². The van der Waals surface area contributed by atoms with Gasteiger partial charge in [0.1, 0.15) is 5.82 Å². The predicted molar refractivity (Wildman–Crippen MR) is 132 cm³/mol. The molecule has 1 aliphatic heterocycles. The molecule has 1 aliphatic rings. The van der Waals surface area contributed by atoms with Crippen LogP contribution >= 0.6 is 0 Å². The second kappa shape index (κ2) is 8.32. The smallest absolute Gasteiger partial charge is 0.261 e. The van der Waals surface area contributed by atoms with Crippen LogP contribution in [0.3, 0.4) is 0 Å². The van der Waals surface area contributed by atoms with Crippen molar-refractivity contribution < 1.29 is 4.79 Å². The lowest BCUT2D eigenvalue weighted by molar-refractivity contribution is -0.119. The van der Waals surface area contributed by atoms with Crippen LogP contribution in [-0.4, -0.2) is 21.5 Å². The van der Waals surface area contributed by atoms with Crippen LogP contribution in [0.1, 0.15) is 42.3 Å². The van der Waals surface area contributed by atoms with E-state index >= 15 is 0 Å². The minimum Gasteiger partial charge on any atom is -0.309 e. The Balaban J connectivity index is 1.64. The Labute approximate surface area is 193 Å². The zero-order valence-electron chi connectivity index (χ0n) is 19.2. The molecule has 0 aliphatic carbocycles. The molecule has 5 heteroatoms. The molecular weight excluding hydrogens is 410 g/mol. The summed E-state index contributed by atoms with van der Waals surface area (Å²) >= 11 is 0. The molecule has 4 aromatic rings. The number of para-hydroxylation sites is 1. The fraction of sp³-hybridized carbons (Fsp3) is 0.250. The lowest BCUT2D eigenvalue weighted by Crippen LogP contribution is -2.36. The Morgan fingerprint density at radius 2 is 1.67 bits per heavy atom. The average molecular weight is 438 g/mol. The number of hydrogen-bond acceptors (Lipinski definition) is 3. The van der Waals surface area contributed by atoms with Crippen molar-refractivity contribution in [2.75, 3.05) is 4.90 Å². The Bertz CT molecular complexity index is 1410. The number of carbonyl (C=O) groups excluding carboxylic acids is 1. The van der Waals surface area contributed by atoms with Crippen molar-refractivity contribution in [1.29, 1.82) is 0 Å². The molecule has 0 N–H and O–H groups in total. The highest BCUT2D eigenvalue weighted by atomic mass is 16.2. The van der Waals surface area contributed by atoms with Gasteiger partial charge in [0.25, 0.3) is 5.56 Å². The Kier molecular flexibility index (Phi) is 5.33. The van der Waals surface area contributed by atoms with Gasteiger partial charge >= 0.3 is 0 Å². The van der Waals surface area contributed by atoms with E-state index in [9.17, 15) is 9.59 Å². The van der Waals surface area contributed by atoms with E-state index in [2.05, 4.69) is 6.07 Å². The van der Waals surface area contributed by atoms with E-state index in [0.717, 1.165) is 22.4 Å². The Morgan fingerprint density at radius 3 is 2.42 bits per heavy atom. The first kappa shape index (κ1) is 21.1. The standard InChI is InChI=1S/C28H27N3O2/c1-18(2)31-25-14-13-19(3)15-22(25)23(28(31)33)16-26-29-24-12-8-7-11-21(24)27(32)30(26)17-20-9-5-4-6-10-20/h4-15,18,23H,16-17H2,1-3H3/t23-/m0/s1. The van der Waals surface area contributed by atoms with E-state index in [1.807, 2.05) is 92.4 Å². The molecule has 0 spiro atoms. The maximum Gasteiger partial charge on any atom is 0.261 e. The van der Waals surface area contributed by atoms with Crippen molar-refractivity contribution in [1.82, 2.24) is 9.55 Å².